The van der Waals surface area contributed by atoms with Gasteiger partial charge in [0.2, 0.25) is 0 Å². The number of hydrogen-bond acceptors (Lipinski definition) is 3. The molecule has 0 aliphatic carbocycles. The maximum Gasteiger partial charge on any atom is 0.326 e. The number of hydrogen-bond donors (Lipinski definition) is 3. The van der Waals surface area contributed by atoms with Crippen molar-refractivity contribution in [3.05, 3.63) is 0 Å². The number of nitrogens with zero attached hydrogens (tertiary/aromatic N) is 1. The fourth-order valence-electron chi connectivity index (χ4n) is 1.89. The first-order valence-corrected chi connectivity index (χ1v) is 6.00. The Kier molecular flexibility index (Phi) is 5.41. The summed E-state index contributed by atoms with van der Waals surface area (Å²) in [5.74, 6) is -2.58. The number of urea groups is 1. The van der Waals surface area contributed by atoms with Crippen LogP contribution in [0.2, 0.25) is 0 Å². The van der Waals surface area contributed by atoms with Crippen LogP contribution in [0.5, 0.6) is 0 Å². The average molecular weight is 258 g/mol. The highest BCUT2D eigenvalue weighted by Crippen LogP contribution is 2.10. The topological polar surface area (TPSA) is 107 Å². The SMILES string of the molecule is O=C(O)C[C@@H](NC(=O)N1CCCCCC1)C(=O)O. The molecule has 0 bridgehead atoms. The Morgan fingerprint density at radius 2 is 1.61 bits per heavy atom. The Balaban J connectivity index is 2.53. The Morgan fingerprint density at radius 3 is 2.06 bits per heavy atom. The molecule has 1 saturated heterocycles. The summed E-state index contributed by atoms with van der Waals surface area (Å²) in [7, 11) is 0. The van der Waals surface area contributed by atoms with Gasteiger partial charge in [-0.1, -0.05) is 12.8 Å². The normalized spacial score (nSPS) is 17.7. The Bertz CT molecular complexity index is 323. The second-order valence-electron chi connectivity index (χ2n) is 4.34. The highest BCUT2D eigenvalue weighted by atomic mass is 16.4. The van der Waals surface area contributed by atoms with Gasteiger partial charge in [-0.15, -0.1) is 0 Å². The molecule has 0 radical (unpaired) electrons. The molecule has 0 unspecified atom stereocenters. The van der Waals surface area contributed by atoms with Crippen molar-refractivity contribution >= 4 is 18.0 Å². The van der Waals surface area contributed by atoms with Crippen LogP contribution in [-0.2, 0) is 9.59 Å². The van der Waals surface area contributed by atoms with E-state index in [0.717, 1.165) is 25.7 Å². The molecule has 3 N–H and O–H groups in total. The molecule has 1 aliphatic heterocycles. The lowest BCUT2D eigenvalue weighted by Gasteiger charge is -2.23. The first-order chi connectivity index (χ1) is 8.50. The third kappa shape index (κ3) is 4.60. The van der Waals surface area contributed by atoms with E-state index >= 15 is 0 Å². The van der Waals surface area contributed by atoms with Crippen molar-refractivity contribution in [3.63, 3.8) is 0 Å². The molecule has 0 aromatic heterocycles. The van der Waals surface area contributed by atoms with Gasteiger partial charge in [-0.3, -0.25) is 4.79 Å². The molecule has 1 heterocycles. The van der Waals surface area contributed by atoms with E-state index in [2.05, 4.69) is 5.32 Å². The number of carboxylic acid groups (broad SMARTS) is 2. The van der Waals surface area contributed by atoms with Crippen LogP contribution in [0.3, 0.4) is 0 Å². The predicted molar refractivity (Wildman–Crippen MR) is 62.2 cm³/mol. The Labute approximate surface area is 105 Å². The van der Waals surface area contributed by atoms with E-state index in [0.29, 0.717) is 13.1 Å². The molecular formula is C11H18N2O5. The molecule has 7 heteroatoms. The van der Waals surface area contributed by atoms with Crippen LogP contribution in [0.1, 0.15) is 32.1 Å². The quantitative estimate of drug-likeness (QED) is 0.680. The van der Waals surface area contributed by atoms with E-state index in [1.54, 1.807) is 4.90 Å². The van der Waals surface area contributed by atoms with E-state index in [1.165, 1.54) is 0 Å². The fourth-order valence-corrected chi connectivity index (χ4v) is 1.89. The standard InChI is InChI=1S/C11H18N2O5/c14-9(15)7-8(10(16)17)12-11(18)13-5-3-1-2-4-6-13/h8H,1-7H2,(H,12,18)(H,14,15)(H,16,17)/t8-/m1/s1. The van der Waals surface area contributed by atoms with Crippen LogP contribution < -0.4 is 5.32 Å². The van der Waals surface area contributed by atoms with Gasteiger partial charge < -0.3 is 20.4 Å². The van der Waals surface area contributed by atoms with E-state index in [4.69, 9.17) is 10.2 Å². The lowest BCUT2D eigenvalue weighted by atomic mass is 10.2. The number of aliphatic carboxylic acids is 2. The fraction of sp³-hybridized carbons (Fsp3) is 0.727. The zero-order valence-corrected chi connectivity index (χ0v) is 10.1. The van der Waals surface area contributed by atoms with Crippen molar-refractivity contribution in [2.75, 3.05) is 13.1 Å². The van der Waals surface area contributed by atoms with Gasteiger partial charge in [0.15, 0.2) is 0 Å². The third-order valence-corrected chi connectivity index (χ3v) is 2.87. The maximum absolute atomic E-state index is 11.8. The summed E-state index contributed by atoms with van der Waals surface area (Å²) in [6.45, 7) is 1.18. The molecule has 1 aliphatic rings. The van der Waals surface area contributed by atoms with Crippen molar-refractivity contribution in [2.24, 2.45) is 0 Å². The second-order valence-corrected chi connectivity index (χ2v) is 4.34. The smallest absolute Gasteiger partial charge is 0.326 e. The predicted octanol–water partition coefficient (Wildman–Crippen LogP) is 0.500. The summed E-state index contributed by atoms with van der Waals surface area (Å²) < 4.78 is 0. The molecule has 102 valence electrons. The van der Waals surface area contributed by atoms with Gasteiger partial charge in [0.1, 0.15) is 6.04 Å². The largest absolute Gasteiger partial charge is 0.481 e. The van der Waals surface area contributed by atoms with Gasteiger partial charge in [-0.05, 0) is 12.8 Å². The summed E-state index contributed by atoms with van der Waals surface area (Å²) >= 11 is 0. The molecule has 1 fully saturated rings. The minimum atomic E-state index is -1.38. The zero-order valence-electron chi connectivity index (χ0n) is 10.1. The van der Waals surface area contributed by atoms with Gasteiger partial charge >= 0.3 is 18.0 Å². The molecule has 0 saturated carbocycles. The number of rotatable bonds is 4. The molecule has 2 amide bonds. The molecule has 18 heavy (non-hydrogen) atoms. The van der Waals surface area contributed by atoms with Gasteiger partial charge in [-0.25, -0.2) is 9.59 Å². The second kappa shape index (κ2) is 6.83. The number of amides is 2. The van der Waals surface area contributed by atoms with Crippen LogP contribution in [-0.4, -0.2) is 52.2 Å². The first-order valence-electron chi connectivity index (χ1n) is 6.00. The van der Waals surface area contributed by atoms with Crippen molar-refractivity contribution in [3.8, 4) is 0 Å². The highest BCUT2D eigenvalue weighted by molar-refractivity contribution is 5.86. The summed E-state index contributed by atoms with van der Waals surface area (Å²) in [6.07, 6.45) is 3.28. The third-order valence-electron chi connectivity index (χ3n) is 2.87. The van der Waals surface area contributed by atoms with Crippen LogP contribution in [0.25, 0.3) is 0 Å². The molecular weight excluding hydrogens is 240 g/mol. The van der Waals surface area contributed by atoms with E-state index < -0.39 is 30.4 Å². The van der Waals surface area contributed by atoms with Crippen LogP contribution >= 0.6 is 0 Å². The molecule has 0 aromatic rings. The van der Waals surface area contributed by atoms with Crippen molar-refractivity contribution in [1.82, 2.24) is 10.2 Å². The molecule has 0 aromatic carbocycles. The summed E-state index contributed by atoms with van der Waals surface area (Å²) in [5, 5.41) is 19.7. The Hall–Kier alpha value is -1.79. The first kappa shape index (κ1) is 14.3. The van der Waals surface area contributed by atoms with E-state index in [1.807, 2.05) is 0 Å². The molecule has 1 rings (SSSR count). The van der Waals surface area contributed by atoms with Crippen LogP contribution in [0, 0.1) is 0 Å². The van der Waals surface area contributed by atoms with Crippen molar-refractivity contribution in [1.29, 1.82) is 0 Å². The molecule has 1 atom stereocenters. The minimum absolute atomic E-state index is 0.495. The minimum Gasteiger partial charge on any atom is -0.481 e. The van der Waals surface area contributed by atoms with Gasteiger partial charge in [0, 0.05) is 13.1 Å². The van der Waals surface area contributed by atoms with Crippen molar-refractivity contribution in [2.45, 2.75) is 38.1 Å². The number of nitrogens with one attached hydrogen (secondary N) is 1. The number of carboxylic acids is 2. The lowest BCUT2D eigenvalue weighted by Crippen LogP contribution is -2.49. The number of carbonyl (C=O) groups is 3. The molecule has 0 spiro atoms. The highest BCUT2D eigenvalue weighted by Gasteiger charge is 2.25. The lowest BCUT2D eigenvalue weighted by molar-refractivity contribution is -0.145. The van der Waals surface area contributed by atoms with Crippen molar-refractivity contribution < 1.29 is 24.6 Å². The average Bonchev–Trinajstić information content (AvgIpc) is 2.55. The van der Waals surface area contributed by atoms with Gasteiger partial charge in [-0.2, -0.15) is 0 Å². The summed E-state index contributed by atoms with van der Waals surface area (Å²) in [4.78, 5) is 34.7. The summed E-state index contributed by atoms with van der Waals surface area (Å²) in [6, 6.07) is -1.87. The van der Waals surface area contributed by atoms with Crippen LogP contribution in [0.4, 0.5) is 4.79 Å². The monoisotopic (exact) mass is 258 g/mol. The van der Waals surface area contributed by atoms with E-state index in [-0.39, 0.29) is 0 Å². The van der Waals surface area contributed by atoms with E-state index in [9.17, 15) is 14.4 Å². The Morgan fingerprint density at radius 1 is 1.06 bits per heavy atom. The number of carbonyl (C=O) groups excluding carboxylic acids is 1. The molecule has 7 nitrogen and oxygen atoms in total. The maximum atomic E-state index is 11.8. The zero-order chi connectivity index (χ0) is 13.5. The number of likely N-dealkylation sites (tertiary alicyclic amines) is 1. The summed E-state index contributed by atoms with van der Waals surface area (Å²) in [5.41, 5.74) is 0. The van der Waals surface area contributed by atoms with Gasteiger partial charge in [0.25, 0.3) is 0 Å². The van der Waals surface area contributed by atoms with Gasteiger partial charge in [0.05, 0.1) is 6.42 Å². The van der Waals surface area contributed by atoms with Crippen LogP contribution in [0.15, 0.2) is 0 Å².